The Hall–Kier alpha value is -1.39. The highest BCUT2D eigenvalue weighted by molar-refractivity contribution is 6.79. The van der Waals surface area contributed by atoms with E-state index in [-0.39, 0.29) is 17.6 Å². The maximum atomic E-state index is 12.3. The van der Waals surface area contributed by atoms with E-state index in [1.807, 2.05) is 30.3 Å². The van der Waals surface area contributed by atoms with Gasteiger partial charge in [-0.2, -0.15) is 0 Å². The average molecular weight is 347 g/mol. The molecule has 1 heterocycles. The molecule has 3 nitrogen and oxygen atoms in total. The Kier molecular flexibility index (Phi) is 6.81. The number of hydrogen-bond donors (Lipinski definition) is 0. The van der Waals surface area contributed by atoms with E-state index in [1.165, 1.54) is 0 Å². The summed E-state index contributed by atoms with van der Waals surface area (Å²) in [6.45, 7) is 10.1. The van der Waals surface area contributed by atoms with Gasteiger partial charge in [-0.25, -0.2) is 4.79 Å². The van der Waals surface area contributed by atoms with Crippen molar-refractivity contribution in [2.75, 3.05) is 6.61 Å². The lowest BCUT2D eigenvalue weighted by molar-refractivity contribution is -0.141. The third-order valence-corrected chi connectivity index (χ3v) is 7.00. The van der Waals surface area contributed by atoms with Crippen LogP contribution in [-0.4, -0.2) is 26.8 Å². The number of carbonyl (C=O) groups is 1. The van der Waals surface area contributed by atoms with Crippen LogP contribution in [0.3, 0.4) is 0 Å². The van der Waals surface area contributed by atoms with Crippen molar-refractivity contribution in [3.63, 3.8) is 0 Å². The molecule has 1 fully saturated rings. The summed E-state index contributed by atoms with van der Waals surface area (Å²) in [6.07, 6.45) is 5.19. The normalized spacial score (nSPS) is 22.8. The van der Waals surface area contributed by atoms with E-state index in [9.17, 15) is 4.79 Å². The van der Waals surface area contributed by atoms with Crippen molar-refractivity contribution in [2.45, 2.75) is 64.1 Å². The van der Waals surface area contributed by atoms with Gasteiger partial charge in [0.1, 0.15) is 6.10 Å². The van der Waals surface area contributed by atoms with Crippen molar-refractivity contribution in [3.8, 4) is 0 Å². The number of benzene rings is 1. The summed E-state index contributed by atoms with van der Waals surface area (Å²) < 4.78 is 11.6. The minimum absolute atomic E-state index is 0.133. The number of hydrogen-bond acceptors (Lipinski definition) is 3. The Morgan fingerprint density at radius 3 is 2.54 bits per heavy atom. The maximum absolute atomic E-state index is 12.3. The van der Waals surface area contributed by atoms with Crippen LogP contribution in [0.15, 0.2) is 42.0 Å². The topological polar surface area (TPSA) is 35.5 Å². The number of rotatable bonds is 8. The monoisotopic (exact) mass is 346 g/mol. The van der Waals surface area contributed by atoms with Gasteiger partial charge in [0, 0.05) is 11.1 Å². The van der Waals surface area contributed by atoms with Crippen LogP contribution < -0.4 is 0 Å². The molecule has 132 valence electrons. The van der Waals surface area contributed by atoms with Gasteiger partial charge in [-0.1, -0.05) is 75.8 Å². The van der Waals surface area contributed by atoms with Gasteiger partial charge in [0.15, 0.2) is 0 Å². The fraction of sp³-hybridized carbons (Fsp3) is 0.550. The van der Waals surface area contributed by atoms with Gasteiger partial charge in [0.2, 0.25) is 0 Å². The summed E-state index contributed by atoms with van der Waals surface area (Å²) in [4.78, 5) is 12.3. The molecule has 0 aromatic heterocycles. The summed E-state index contributed by atoms with van der Waals surface area (Å²) in [7, 11) is -1.58. The van der Waals surface area contributed by atoms with Crippen LogP contribution in [0.1, 0.15) is 31.7 Å². The molecule has 0 amide bonds. The van der Waals surface area contributed by atoms with Crippen LogP contribution in [0.2, 0.25) is 25.2 Å². The van der Waals surface area contributed by atoms with Crippen molar-refractivity contribution in [2.24, 2.45) is 0 Å². The zero-order valence-corrected chi connectivity index (χ0v) is 16.4. The molecule has 0 saturated carbocycles. The molecule has 0 unspecified atom stereocenters. The first-order valence-electron chi connectivity index (χ1n) is 8.96. The molecular formula is C20H30O3Si. The molecule has 1 saturated heterocycles. The molecule has 2 atom stereocenters. The summed E-state index contributed by atoms with van der Waals surface area (Å²) in [6, 6.07) is 10.1. The van der Waals surface area contributed by atoms with E-state index >= 15 is 0 Å². The van der Waals surface area contributed by atoms with E-state index in [0.29, 0.717) is 13.2 Å². The van der Waals surface area contributed by atoms with Crippen LogP contribution in [0.5, 0.6) is 0 Å². The number of carbonyl (C=O) groups excluding carboxylic acids is 1. The van der Waals surface area contributed by atoms with Crippen molar-refractivity contribution < 1.29 is 14.3 Å². The Morgan fingerprint density at radius 1 is 1.21 bits per heavy atom. The molecule has 24 heavy (non-hydrogen) atoms. The fourth-order valence-corrected chi connectivity index (χ4v) is 5.74. The van der Waals surface area contributed by atoms with Gasteiger partial charge < -0.3 is 9.47 Å². The summed E-state index contributed by atoms with van der Waals surface area (Å²) in [5.74, 6) is -0.133. The van der Waals surface area contributed by atoms with Crippen molar-refractivity contribution in [3.05, 3.63) is 47.5 Å². The van der Waals surface area contributed by atoms with Crippen molar-refractivity contribution >= 4 is 14.0 Å². The first-order chi connectivity index (χ1) is 11.4. The molecule has 1 aromatic carbocycles. The molecule has 4 heteroatoms. The molecule has 2 rings (SSSR count). The van der Waals surface area contributed by atoms with E-state index in [4.69, 9.17) is 9.47 Å². The van der Waals surface area contributed by atoms with Crippen molar-refractivity contribution in [1.29, 1.82) is 0 Å². The number of allylic oxidation sites excluding steroid dienone is 1. The summed E-state index contributed by atoms with van der Waals surface area (Å²) in [5.41, 5.74) is 2.26. The fourth-order valence-electron chi connectivity index (χ4n) is 3.29. The molecule has 0 aliphatic carbocycles. The minimum Gasteiger partial charge on any atom is -0.456 e. The van der Waals surface area contributed by atoms with Crippen LogP contribution in [0.4, 0.5) is 0 Å². The second-order valence-electron chi connectivity index (χ2n) is 7.59. The Labute approximate surface area is 147 Å². The first-order valence-corrected chi connectivity index (χ1v) is 12.5. The summed E-state index contributed by atoms with van der Waals surface area (Å²) in [5, 5.41) is 0. The second-order valence-corrected chi connectivity index (χ2v) is 12.9. The Balaban J connectivity index is 2.02. The molecule has 0 spiro atoms. The number of unbranched alkanes of at least 4 members (excludes halogenated alkanes) is 2. The van der Waals surface area contributed by atoms with Crippen LogP contribution in [0, 0.1) is 0 Å². The predicted molar refractivity (Wildman–Crippen MR) is 101 cm³/mol. The molecule has 0 radical (unpaired) electrons. The highest BCUT2D eigenvalue weighted by Gasteiger charge is 2.46. The van der Waals surface area contributed by atoms with E-state index < -0.39 is 8.07 Å². The van der Waals surface area contributed by atoms with Gasteiger partial charge in [-0.05, 0) is 12.0 Å². The molecule has 0 bridgehead atoms. The van der Waals surface area contributed by atoms with E-state index in [1.54, 1.807) is 0 Å². The highest BCUT2D eigenvalue weighted by Crippen LogP contribution is 2.41. The van der Waals surface area contributed by atoms with Gasteiger partial charge in [0.25, 0.3) is 0 Å². The first kappa shape index (κ1) is 18.9. The second kappa shape index (κ2) is 8.63. The number of esters is 1. The van der Waals surface area contributed by atoms with Gasteiger partial charge in [-0.3, -0.25) is 0 Å². The lowest BCUT2D eigenvalue weighted by atomic mass is 10.1. The van der Waals surface area contributed by atoms with Crippen LogP contribution in [-0.2, 0) is 20.9 Å². The highest BCUT2D eigenvalue weighted by atomic mass is 28.3. The average Bonchev–Trinajstić information content (AvgIpc) is 2.85. The summed E-state index contributed by atoms with van der Waals surface area (Å²) >= 11 is 0. The zero-order chi connectivity index (χ0) is 17.6. The minimum atomic E-state index is -1.58. The van der Waals surface area contributed by atoms with Crippen LogP contribution in [0.25, 0.3) is 0 Å². The van der Waals surface area contributed by atoms with Gasteiger partial charge in [0.05, 0.1) is 21.3 Å². The molecule has 1 aliphatic heterocycles. The van der Waals surface area contributed by atoms with E-state index in [0.717, 1.165) is 30.4 Å². The third kappa shape index (κ3) is 5.05. The molecule has 1 aliphatic rings. The lowest BCUT2D eigenvalue weighted by Gasteiger charge is -2.28. The largest absolute Gasteiger partial charge is 0.456 e. The zero-order valence-electron chi connectivity index (χ0n) is 15.4. The Morgan fingerprint density at radius 2 is 1.92 bits per heavy atom. The smallest absolute Gasteiger partial charge is 0.334 e. The van der Waals surface area contributed by atoms with Crippen molar-refractivity contribution in [1.82, 2.24) is 0 Å². The molecule has 0 N–H and O–H groups in total. The number of ether oxygens (including phenoxy) is 2. The molecule has 1 aromatic rings. The Bertz CT molecular complexity index is 560. The maximum Gasteiger partial charge on any atom is 0.334 e. The van der Waals surface area contributed by atoms with Gasteiger partial charge >= 0.3 is 5.97 Å². The lowest BCUT2D eigenvalue weighted by Crippen LogP contribution is -2.36. The SMILES string of the molecule is CCCC/C=C1/C(=O)O[C@@H](COCc2ccccc2)[C@H]1[Si](C)(C)C. The quantitative estimate of drug-likeness (QED) is 0.289. The van der Waals surface area contributed by atoms with Crippen LogP contribution >= 0.6 is 0 Å². The standard InChI is InChI=1S/C20H30O3Si/c1-5-6-8-13-17-19(24(2,3)4)18(23-20(17)21)15-22-14-16-11-9-7-10-12-16/h7,9-13,18-19H,5-6,8,14-15H2,1-4H3/b17-13+/t18-,19-/m0/s1. The third-order valence-electron chi connectivity index (χ3n) is 4.45. The number of cyclic esters (lactones) is 1. The molecular weight excluding hydrogens is 316 g/mol. The predicted octanol–water partition coefficient (Wildman–Crippen LogP) is 4.95. The van der Waals surface area contributed by atoms with E-state index in [2.05, 4.69) is 32.6 Å². The van der Waals surface area contributed by atoms with Gasteiger partial charge in [-0.15, -0.1) is 0 Å².